The largest absolute Gasteiger partial charge is 0.492 e. The molecule has 38 heavy (non-hydrogen) atoms. The van der Waals surface area contributed by atoms with Crippen LogP contribution in [-0.4, -0.2) is 36.6 Å². The number of ether oxygens (including phenoxy) is 4. The maximum atomic E-state index is 14.1. The van der Waals surface area contributed by atoms with Crippen LogP contribution in [-0.2, 0) is 38.8 Å². The van der Waals surface area contributed by atoms with Gasteiger partial charge in [0.1, 0.15) is 12.2 Å². The van der Waals surface area contributed by atoms with E-state index >= 15 is 0 Å². The van der Waals surface area contributed by atoms with Crippen molar-refractivity contribution in [2.45, 2.75) is 49.8 Å². The second-order valence-electron chi connectivity index (χ2n) is 8.64. The number of halogens is 4. The molecule has 3 atom stereocenters. The molecule has 0 amide bonds. The lowest BCUT2D eigenvalue weighted by molar-refractivity contribution is -0.149. The fourth-order valence-corrected chi connectivity index (χ4v) is 4.66. The minimum atomic E-state index is -4.33. The summed E-state index contributed by atoms with van der Waals surface area (Å²) in [6.45, 7) is 0.570. The fraction of sp³-hybridized carbons (Fsp3) is 0.310. The van der Waals surface area contributed by atoms with Gasteiger partial charge in [-0.15, -0.1) is 0 Å². The van der Waals surface area contributed by atoms with Crippen molar-refractivity contribution in [2.75, 3.05) is 6.61 Å². The van der Waals surface area contributed by atoms with Crippen molar-refractivity contribution >= 4 is 11.8 Å². The van der Waals surface area contributed by atoms with Gasteiger partial charge in [0.2, 0.25) is 0 Å². The van der Waals surface area contributed by atoms with E-state index in [1.54, 1.807) is 0 Å². The monoisotopic (exact) mass is 548 g/mol. The maximum Gasteiger partial charge on any atom is 0.357 e. The first-order valence-corrected chi connectivity index (χ1v) is 12.9. The van der Waals surface area contributed by atoms with Gasteiger partial charge in [0, 0.05) is 0 Å². The lowest BCUT2D eigenvalue weighted by atomic mass is 10.1. The number of rotatable bonds is 13. The van der Waals surface area contributed by atoms with E-state index in [4.69, 9.17) is 18.9 Å². The molecule has 0 bridgehead atoms. The van der Waals surface area contributed by atoms with Crippen LogP contribution in [0.4, 0.5) is 17.6 Å². The number of benzene rings is 3. The van der Waals surface area contributed by atoms with Crippen LogP contribution in [0.5, 0.6) is 0 Å². The van der Waals surface area contributed by atoms with Crippen LogP contribution in [0.1, 0.15) is 16.7 Å². The summed E-state index contributed by atoms with van der Waals surface area (Å²) in [6.07, 6.45) is -5.52. The topological polar surface area (TPSA) is 36.9 Å². The van der Waals surface area contributed by atoms with Crippen molar-refractivity contribution in [2.24, 2.45) is 0 Å². The van der Waals surface area contributed by atoms with Gasteiger partial charge in [0.05, 0.1) is 37.6 Å². The highest BCUT2D eigenvalue weighted by molar-refractivity contribution is 8.04. The lowest BCUT2D eigenvalue weighted by Gasteiger charge is -2.38. The molecule has 1 heterocycles. The van der Waals surface area contributed by atoms with Gasteiger partial charge in [0.15, 0.2) is 6.10 Å². The third-order valence-corrected chi connectivity index (χ3v) is 6.78. The molecule has 3 aromatic rings. The Hall–Kier alpha value is -2.85. The molecule has 4 rings (SSSR count). The van der Waals surface area contributed by atoms with E-state index in [0.717, 1.165) is 23.0 Å². The van der Waals surface area contributed by atoms with Gasteiger partial charge in [-0.25, -0.2) is 8.78 Å². The van der Waals surface area contributed by atoms with Crippen LogP contribution in [0.2, 0.25) is 0 Å². The summed E-state index contributed by atoms with van der Waals surface area (Å²) < 4.78 is 78.3. The molecule has 3 aromatic carbocycles. The van der Waals surface area contributed by atoms with E-state index in [9.17, 15) is 17.6 Å². The predicted molar refractivity (Wildman–Crippen MR) is 138 cm³/mol. The molecule has 0 aromatic heterocycles. The Kier molecular flexibility index (Phi) is 10.2. The average Bonchev–Trinajstić information content (AvgIpc) is 2.93. The Labute approximate surface area is 223 Å². The van der Waals surface area contributed by atoms with Crippen LogP contribution in [0.15, 0.2) is 102 Å². The maximum absolute atomic E-state index is 14.1. The Balaban J connectivity index is 1.56. The van der Waals surface area contributed by atoms with Crippen molar-refractivity contribution < 1.29 is 36.5 Å². The Morgan fingerprint density at radius 3 is 1.76 bits per heavy atom. The normalized spacial score (nSPS) is 19.7. The summed E-state index contributed by atoms with van der Waals surface area (Å²) in [5.41, 5.74) is 2.59. The number of hydrogen-bond acceptors (Lipinski definition) is 5. The van der Waals surface area contributed by atoms with Crippen molar-refractivity contribution in [1.29, 1.82) is 0 Å². The zero-order valence-electron chi connectivity index (χ0n) is 20.4. The molecule has 0 saturated heterocycles. The first kappa shape index (κ1) is 28.2. The SMILES string of the molecule is FC(F)C(F)(F)SC1=CO[C@H](COCc2ccccc2)[C@@H](OCc2ccccc2)[C@@H]1OCc1ccccc1. The molecule has 0 radical (unpaired) electrons. The second kappa shape index (κ2) is 13.8. The standard InChI is InChI=1S/C29H28F4O4S/c30-28(31)29(32,33)38-25-20-35-24(19-34-16-21-10-4-1-5-11-21)26(36-17-22-12-6-2-7-13-22)27(25)37-18-23-14-8-3-9-15-23/h1-15,20,24,26-28H,16-19H2/t24-,26-,27-/m1/s1. The summed E-state index contributed by atoms with van der Waals surface area (Å²) >= 11 is -0.271. The predicted octanol–water partition coefficient (Wildman–Crippen LogP) is 7.21. The fourth-order valence-electron chi connectivity index (χ4n) is 3.84. The van der Waals surface area contributed by atoms with Gasteiger partial charge >= 0.3 is 11.7 Å². The van der Waals surface area contributed by atoms with Crippen LogP contribution >= 0.6 is 11.8 Å². The lowest BCUT2D eigenvalue weighted by Crippen LogP contribution is -2.48. The molecular formula is C29H28F4O4S. The second-order valence-corrected chi connectivity index (χ2v) is 9.86. The Bertz CT molecular complexity index is 1130. The van der Waals surface area contributed by atoms with E-state index in [0.29, 0.717) is 6.61 Å². The molecule has 1 aliphatic heterocycles. The minimum absolute atomic E-state index is 0.0620. The van der Waals surface area contributed by atoms with Crippen molar-refractivity contribution in [3.63, 3.8) is 0 Å². The zero-order chi connectivity index (χ0) is 26.8. The van der Waals surface area contributed by atoms with Crippen LogP contribution in [0.25, 0.3) is 0 Å². The highest BCUT2D eigenvalue weighted by Crippen LogP contribution is 2.44. The molecule has 0 N–H and O–H groups in total. The molecule has 9 heteroatoms. The van der Waals surface area contributed by atoms with Gasteiger partial charge in [-0.3, -0.25) is 0 Å². The van der Waals surface area contributed by atoms with Gasteiger partial charge in [0.25, 0.3) is 0 Å². The van der Waals surface area contributed by atoms with Crippen molar-refractivity contribution in [3.8, 4) is 0 Å². The molecule has 202 valence electrons. The van der Waals surface area contributed by atoms with E-state index in [1.807, 2.05) is 91.0 Å². The van der Waals surface area contributed by atoms with Crippen LogP contribution < -0.4 is 0 Å². The van der Waals surface area contributed by atoms with E-state index < -0.39 is 30.0 Å². The summed E-state index contributed by atoms with van der Waals surface area (Å²) in [4.78, 5) is -0.177. The quantitative estimate of drug-likeness (QED) is 0.211. The zero-order valence-corrected chi connectivity index (χ0v) is 21.2. The highest BCUT2D eigenvalue weighted by atomic mass is 32.2. The molecular weight excluding hydrogens is 520 g/mol. The van der Waals surface area contributed by atoms with E-state index in [2.05, 4.69) is 0 Å². The summed E-state index contributed by atoms with van der Waals surface area (Å²) in [5.74, 6) is 0. The Morgan fingerprint density at radius 1 is 0.737 bits per heavy atom. The highest BCUT2D eigenvalue weighted by Gasteiger charge is 2.48. The van der Waals surface area contributed by atoms with Gasteiger partial charge in [-0.05, 0) is 28.5 Å². The summed E-state index contributed by atoms with van der Waals surface area (Å²) in [5, 5.41) is -4.33. The smallest absolute Gasteiger partial charge is 0.357 e. The first-order chi connectivity index (χ1) is 18.4. The first-order valence-electron chi connectivity index (χ1n) is 12.1. The molecule has 0 aliphatic carbocycles. The van der Waals surface area contributed by atoms with Crippen LogP contribution in [0, 0.1) is 0 Å². The van der Waals surface area contributed by atoms with Gasteiger partial charge < -0.3 is 18.9 Å². The molecule has 0 saturated carbocycles. The van der Waals surface area contributed by atoms with Crippen LogP contribution in [0.3, 0.4) is 0 Å². The number of hydrogen-bond donors (Lipinski definition) is 0. The Morgan fingerprint density at radius 2 is 1.24 bits per heavy atom. The van der Waals surface area contributed by atoms with E-state index in [1.165, 1.54) is 0 Å². The number of thioether (sulfide) groups is 1. The molecule has 0 spiro atoms. The summed E-state index contributed by atoms with van der Waals surface area (Å²) in [7, 11) is 0. The summed E-state index contributed by atoms with van der Waals surface area (Å²) in [6, 6.07) is 27.9. The van der Waals surface area contributed by atoms with E-state index in [-0.39, 0.29) is 36.5 Å². The molecule has 4 nitrogen and oxygen atoms in total. The third-order valence-electron chi connectivity index (χ3n) is 5.76. The van der Waals surface area contributed by atoms with Gasteiger partial charge in [-0.2, -0.15) is 8.78 Å². The molecule has 1 aliphatic rings. The number of alkyl halides is 4. The molecule has 0 unspecified atom stereocenters. The van der Waals surface area contributed by atoms with Gasteiger partial charge in [-0.1, -0.05) is 91.0 Å². The molecule has 0 fully saturated rings. The van der Waals surface area contributed by atoms with Crippen molar-refractivity contribution in [1.82, 2.24) is 0 Å². The third kappa shape index (κ3) is 8.07. The average molecular weight is 549 g/mol. The van der Waals surface area contributed by atoms with Crippen molar-refractivity contribution in [3.05, 3.63) is 119 Å². The minimum Gasteiger partial charge on any atom is -0.492 e.